The normalized spacial score (nSPS) is 10.1. The number of non-ortho nitro benzene ring substituents is 1. The number of aromatic nitrogens is 1. The van der Waals surface area contributed by atoms with Crippen LogP contribution in [0.5, 0.6) is 5.88 Å². The third-order valence-electron chi connectivity index (χ3n) is 2.37. The SMILES string of the molecule is COc1cccc(-c2cc([N+](=O)[O-])ccc2F)n1. The lowest BCUT2D eigenvalue weighted by molar-refractivity contribution is -0.384. The smallest absolute Gasteiger partial charge is 0.270 e. The highest BCUT2D eigenvalue weighted by Gasteiger charge is 2.13. The standard InChI is InChI=1S/C12H9FN2O3/c1-18-12-4-2-3-11(14-12)9-7-8(15(16)17)5-6-10(9)13/h2-7H,1H3. The van der Waals surface area contributed by atoms with Gasteiger partial charge in [0.2, 0.25) is 5.88 Å². The van der Waals surface area contributed by atoms with E-state index in [2.05, 4.69) is 4.98 Å². The molecule has 2 aromatic rings. The Labute approximate surface area is 102 Å². The van der Waals surface area contributed by atoms with Crippen LogP contribution in [0.25, 0.3) is 11.3 Å². The highest BCUT2D eigenvalue weighted by atomic mass is 19.1. The van der Waals surface area contributed by atoms with E-state index in [9.17, 15) is 14.5 Å². The molecule has 5 nitrogen and oxygen atoms in total. The maximum absolute atomic E-state index is 13.7. The molecule has 0 spiro atoms. The Kier molecular flexibility index (Phi) is 3.18. The zero-order chi connectivity index (χ0) is 13.1. The maximum atomic E-state index is 13.7. The van der Waals surface area contributed by atoms with E-state index in [0.717, 1.165) is 18.2 Å². The molecule has 1 aromatic heterocycles. The van der Waals surface area contributed by atoms with E-state index in [-0.39, 0.29) is 16.9 Å². The van der Waals surface area contributed by atoms with E-state index in [4.69, 9.17) is 4.74 Å². The lowest BCUT2D eigenvalue weighted by Crippen LogP contribution is -1.94. The summed E-state index contributed by atoms with van der Waals surface area (Å²) in [5, 5.41) is 10.7. The summed E-state index contributed by atoms with van der Waals surface area (Å²) >= 11 is 0. The van der Waals surface area contributed by atoms with Crippen LogP contribution in [0.4, 0.5) is 10.1 Å². The summed E-state index contributed by atoms with van der Waals surface area (Å²) in [5.74, 6) is -0.250. The van der Waals surface area contributed by atoms with Gasteiger partial charge in [-0.1, -0.05) is 6.07 Å². The van der Waals surface area contributed by atoms with Gasteiger partial charge in [-0.3, -0.25) is 10.1 Å². The van der Waals surface area contributed by atoms with Gasteiger partial charge in [-0.05, 0) is 12.1 Å². The molecule has 1 aromatic carbocycles. The minimum atomic E-state index is -0.580. The van der Waals surface area contributed by atoms with Gasteiger partial charge in [-0.15, -0.1) is 0 Å². The molecule has 2 rings (SSSR count). The zero-order valence-electron chi connectivity index (χ0n) is 9.46. The van der Waals surface area contributed by atoms with E-state index < -0.39 is 10.7 Å². The van der Waals surface area contributed by atoms with Crippen molar-refractivity contribution in [3.63, 3.8) is 0 Å². The summed E-state index contributed by atoms with van der Waals surface area (Å²) < 4.78 is 18.6. The molecule has 0 aliphatic carbocycles. The van der Waals surface area contributed by atoms with Crippen molar-refractivity contribution in [2.24, 2.45) is 0 Å². The van der Waals surface area contributed by atoms with E-state index >= 15 is 0 Å². The van der Waals surface area contributed by atoms with Gasteiger partial charge in [0.1, 0.15) is 5.82 Å². The molecule has 6 heteroatoms. The van der Waals surface area contributed by atoms with Crippen molar-refractivity contribution in [2.45, 2.75) is 0 Å². The van der Waals surface area contributed by atoms with Gasteiger partial charge in [0.05, 0.1) is 17.7 Å². The average Bonchev–Trinajstić information content (AvgIpc) is 2.39. The molecule has 0 bridgehead atoms. The summed E-state index contributed by atoms with van der Waals surface area (Å²) in [6.45, 7) is 0. The van der Waals surface area contributed by atoms with Crippen molar-refractivity contribution in [2.75, 3.05) is 7.11 Å². The Balaban J connectivity index is 2.54. The molecule has 0 aliphatic heterocycles. The molecule has 0 saturated heterocycles. The van der Waals surface area contributed by atoms with Crippen LogP contribution in [0.3, 0.4) is 0 Å². The first-order chi connectivity index (χ1) is 8.61. The molecule has 0 aliphatic rings. The molecular weight excluding hydrogens is 239 g/mol. The van der Waals surface area contributed by atoms with Gasteiger partial charge in [-0.2, -0.15) is 0 Å². The predicted molar refractivity (Wildman–Crippen MR) is 62.8 cm³/mol. The molecule has 0 atom stereocenters. The van der Waals surface area contributed by atoms with Crippen LogP contribution in [-0.4, -0.2) is 17.0 Å². The number of nitro benzene ring substituents is 1. The second kappa shape index (κ2) is 4.79. The van der Waals surface area contributed by atoms with Crippen LogP contribution >= 0.6 is 0 Å². The van der Waals surface area contributed by atoms with E-state index in [0.29, 0.717) is 5.88 Å². The molecular formula is C12H9FN2O3. The Morgan fingerprint density at radius 3 is 2.78 bits per heavy atom. The molecule has 1 heterocycles. The summed E-state index contributed by atoms with van der Waals surface area (Å²) in [6.07, 6.45) is 0. The first kappa shape index (κ1) is 12.0. The van der Waals surface area contributed by atoms with Crippen molar-refractivity contribution < 1.29 is 14.1 Å². The van der Waals surface area contributed by atoms with Gasteiger partial charge >= 0.3 is 0 Å². The molecule has 0 saturated carbocycles. The molecule has 18 heavy (non-hydrogen) atoms. The van der Waals surface area contributed by atoms with Crippen LogP contribution < -0.4 is 4.74 Å². The van der Waals surface area contributed by atoms with Crippen LogP contribution in [-0.2, 0) is 0 Å². The number of nitrogens with zero attached hydrogens (tertiary/aromatic N) is 2. The molecule has 0 N–H and O–H groups in total. The van der Waals surface area contributed by atoms with E-state index in [1.54, 1.807) is 18.2 Å². The third-order valence-corrected chi connectivity index (χ3v) is 2.37. The molecule has 0 fully saturated rings. The van der Waals surface area contributed by atoms with E-state index in [1.807, 2.05) is 0 Å². The number of benzene rings is 1. The van der Waals surface area contributed by atoms with Gasteiger partial charge in [0.25, 0.3) is 5.69 Å². The number of ether oxygens (including phenoxy) is 1. The van der Waals surface area contributed by atoms with Gasteiger partial charge in [0.15, 0.2) is 0 Å². The fourth-order valence-corrected chi connectivity index (χ4v) is 1.50. The van der Waals surface area contributed by atoms with Crippen LogP contribution in [0.2, 0.25) is 0 Å². The number of hydrogen-bond acceptors (Lipinski definition) is 4. The second-order valence-corrected chi connectivity index (χ2v) is 3.49. The Hall–Kier alpha value is -2.50. The maximum Gasteiger partial charge on any atom is 0.270 e. The quantitative estimate of drug-likeness (QED) is 0.618. The first-order valence-corrected chi connectivity index (χ1v) is 5.07. The second-order valence-electron chi connectivity index (χ2n) is 3.49. The number of halogens is 1. The largest absolute Gasteiger partial charge is 0.481 e. The van der Waals surface area contributed by atoms with Crippen molar-refractivity contribution in [3.05, 3.63) is 52.3 Å². The minimum absolute atomic E-state index is 0.0723. The number of pyridine rings is 1. The fourth-order valence-electron chi connectivity index (χ4n) is 1.50. The Bertz CT molecular complexity index is 602. The lowest BCUT2D eigenvalue weighted by atomic mass is 10.1. The average molecular weight is 248 g/mol. The van der Waals surface area contributed by atoms with Gasteiger partial charge in [-0.25, -0.2) is 9.37 Å². The number of nitro groups is 1. The number of methoxy groups -OCH3 is 1. The van der Waals surface area contributed by atoms with Crippen molar-refractivity contribution >= 4 is 5.69 Å². The summed E-state index contributed by atoms with van der Waals surface area (Å²) in [6, 6.07) is 8.12. The molecule has 92 valence electrons. The first-order valence-electron chi connectivity index (χ1n) is 5.07. The fraction of sp³-hybridized carbons (Fsp3) is 0.0833. The van der Waals surface area contributed by atoms with Crippen LogP contribution in [0.15, 0.2) is 36.4 Å². The van der Waals surface area contributed by atoms with Crippen molar-refractivity contribution in [1.29, 1.82) is 0 Å². The van der Waals surface area contributed by atoms with Crippen molar-refractivity contribution in [3.8, 4) is 17.1 Å². The molecule has 0 amide bonds. The van der Waals surface area contributed by atoms with Crippen LogP contribution in [0, 0.1) is 15.9 Å². The lowest BCUT2D eigenvalue weighted by Gasteiger charge is -2.04. The summed E-state index contributed by atoms with van der Waals surface area (Å²) in [5.41, 5.74) is 0.176. The number of hydrogen-bond donors (Lipinski definition) is 0. The highest BCUT2D eigenvalue weighted by Crippen LogP contribution is 2.26. The molecule has 0 unspecified atom stereocenters. The van der Waals surface area contributed by atoms with Gasteiger partial charge in [0, 0.05) is 23.8 Å². The summed E-state index contributed by atoms with van der Waals surface area (Å²) in [7, 11) is 1.44. The summed E-state index contributed by atoms with van der Waals surface area (Å²) in [4.78, 5) is 14.1. The monoisotopic (exact) mass is 248 g/mol. The topological polar surface area (TPSA) is 65.3 Å². The zero-order valence-corrected chi connectivity index (χ0v) is 9.46. The predicted octanol–water partition coefficient (Wildman–Crippen LogP) is 2.80. The minimum Gasteiger partial charge on any atom is -0.481 e. The third kappa shape index (κ3) is 2.27. The Morgan fingerprint density at radius 1 is 1.33 bits per heavy atom. The van der Waals surface area contributed by atoms with Crippen LogP contribution in [0.1, 0.15) is 0 Å². The number of rotatable bonds is 3. The van der Waals surface area contributed by atoms with Gasteiger partial charge < -0.3 is 4.74 Å². The van der Waals surface area contributed by atoms with Crippen molar-refractivity contribution in [1.82, 2.24) is 4.98 Å². The molecule has 0 radical (unpaired) electrons. The Morgan fingerprint density at radius 2 is 2.11 bits per heavy atom. The van der Waals surface area contributed by atoms with E-state index in [1.165, 1.54) is 7.11 Å². The highest BCUT2D eigenvalue weighted by molar-refractivity contribution is 5.63.